The molecule has 0 aromatic carbocycles. The van der Waals surface area contributed by atoms with Gasteiger partial charge in [0.1, 0.15) is 17.8 Å². The predicted molar refractivity (Wildman–Crippen MR) is 130 cm³/mol. The number of aliphatic hydroxyl groups excluding tert-OH is 1. The van der Waals surface area contributed by atoms with Crippen LogP contribution in [0.1, 0.15) is 25.3 Å². The summed E-state index contributed by atoms with van der Waals surface area (Å²) in [6, 6.07) is 6.98. The van der Waals surface area contributed by atoms with E-state index in [9.17, 15) is 14.7 Å². The molecule has 0 spiro atoms. The highest BCUT2D eigenvalue weighted by molar-refractivity contribution is 6.04. The molecule has 1 N–H and O–H groups in total. The summed E-state index contributed by atoms with van der Waals surface area (Å²) >= 11 is 0. The number of pyridine rings is 3. The first-order valence-corrected chi connectivity index (χ1v) is 11.5. The van der Waals surface area contributed by atoms with Crippen molar-refractivity contribution in [3.8, 4) is 11.3 Å². The molecule has 2 aliphatic heterocycles. The van der Waals surface area contributed by atoms with E-state index in [1.807, 2.05) is 23.1 Å². The third-order valence-electron chi connectivity index (χ3n) is 6.60. The first-order valence-electron chi connectivity index (χ1n) is 11.5. The van der Waals surface area contributed by atoms with Crippen LogP contribution < -0.4 is 4.90 Å². The minimum Gasteiger partial charge on any atom is -0.384 e. The van der Waals surface area contributed by atoms with Gasteiger partial charge in [0.05, 0.1) is 23.4 Å². The van der Waals surface area contributed by atoms with Crippen molar-refractivity contribution >= 4 is 34.5 Å². The van der Waals surface area contributed by atoms with Gasteiger partial charge in [0.25, 0.3) is 11.7 Å². The molecular formula is C25H25N7O3. The number of nitrogens with zero attached hydrogens (tertiary/aromatic N) is 7. The van der Waals surface area contributed by atoms with Gasteiger partial charge in [-0.25, -0.2) is 9.78 Å². The van der Waals surface area contributed by atoms with Crippen molar-refractivity contribution in [2.75, 3.05) is 25.0 Å². The van der Waals surface area contributed by atoms with Crippen molar-refractivity contribution in [1.82, 2.24) is 24.8 Å². The number of anilines is 1. The normalized spacial score (nSPS) is 17.3. The monoisotopic (exact) mass is 471 g/mol. The number of hydrogen-bond donors (Lipinski definition) is 1. The fraction of sp³-hybridized carbons (Fsp3) is 0.360. The van der Waals surface area contributed by atoms with E-state index in [0.717, 1.165) is 16.8 Å². The van der Waals surface area contributed by atoms with E-state index in [4.69, 9.17) is 11.6 Å². The van der Waals surface area contributed by atoms with E-state index < -0.39 is 6.10 Å². The highest BCUT2D eigenvalue weighted by Crippen LogP contribution is 2.37. The number of piperidine rings is 1. The molecule has 1 fully saturated rings. The molecule has 10 nitrogen and oxygen atoms in total. The number of amides is 3. The number of rotatable bonds is 3. The van der Waals surface area contributed by atoms with Crippen molar-refractivity contribution in [2.45, 2.75) is 38.5 Å². The van der Waals surface area contributed by atoms with Crippen molar-refractivity contribution in [3.05, 3.63) is 53.6 Å². The van der Waals surface area contributed by atoms with Gasteiger partial charge in [-0.2, -0.15) is 0 Å². The number of fused-ring (bicyclic) bond motifs is 3. The van der Waals surface area contributed by atoms with E-state index in [0.29, 0.717) is 55.0 Å². The molecule has 3 aromatic rings. The van der Waals surface area contributed by atoms with Gasteiger partial charge in [0, 0.05) is 43.5 Å². The highest BCUT2D eigenvalue weighted by atomic mass is 16.3. The summed E-state index contributed by atoms with van der Waals surface area (Å²) in [4.78, 5) is 47.8. The van der Waals surface area contributed by atoms with Crippen LogP contribution in [-0.4, -0.2) is 74.1 Å². The SMILES string of the molecule is [C-]#[N+]c1ccc(-c2ccc3ncc4c(c3n2)N(C2CCN(C(=O)[C@@H](C)O)CC2)C(=O)N(C)C4)cn1. The summed E-state index contributed by atoms with van der Waals surface area (Å²) in [5.74, 6) is 0.0264. The van der Waals surface area contributed by atoms with Crippen LogP contribution in [0.3, 0.4) is 0 Å². The Morgan fingerprint density at radius 3 is 2.60 bits per heavy atom. The average Bonchev–Trinajstić information content (AvgIpc) is 2.89. The molecular weight excluding hydrogens is 446 g/mol. The average molecular weight is 472 g/mol. The Morgan fingerprint density at radius 2 is 1.94 bits per heavy atom. The fourth-order valence-electron chi connectivity index (χ4n) is 4.79. The van der Waals surface area contributed by atoms with Crippen LogP contribution in [0, 0.1) is 6.57 Å². The summed E-state index contributed by atoms with van der Waals surface area (Å²) in [5, 5.41) is 9.67. The van der Waals surface area contributed by atoms with Crippen LogP contribution in [0.4, 0.5) is 16.3 Å². The minimum absolute atomic E-state index is 0.111. The Labute approximate surface area is 202 Å². The van der Waals surface area contributed by atoms with E-state index >= 15 is 0 Å². The summed E-state index contributed by atoms with van der Waals surface area (Å²) in [7, 11) is 1.77. The molecule has 0 bridgehead atoms. The maximum atomic E-state index is 13.4. The zero-order chi connectivity index (χ0) is 24.7. The molecule has 5 rings (SSSR count). The number of carbonyl (C=O) groups is 2. The Kier molecular flexibility index (Phi) is 5.78. The maximum Gasteiger partial charge on any atom is 0.324 e. The topological polar surface area (TPSA) is 107 Å². The molecule has 35 heavy (non-hydrogen) atoms. The first kappa shape index (κ1) is 22.7. The molecule has 2 aliphatic rings. The van der Waals surface area contributed by atoms with Crippen molar-refractivity contribution < 1.29 is 14.7 Å². The Morgan fingerprint density at radius 1 is 1.17 bits per heavy atom. The third kappa shape index (κ3) is 4.04. The summed E-state index contributed by atoms with van der Waals surface area (Å²) in [6.07, 6.45) is 3.58. The predicted octanol–water partition coefficient (Wildman–Crippen LogP) is 2.99. The molecule has 0 unspecified atom stereocenters. The second kappa shape index (κ2) is 8.92. The van der Waals surface area contributed by atoms with Crippen LogP contribution in [0.25, 0.3) is 27.1 Å². The van der Waals surface area contributed by atoms with Gasteiger partial charge in [-0.05, 0) is 38.0 Å². The first-order chi connectivity index (χ1) is 16.9. The fourth-order valence-corrected chi connectivity index (χ4v) is 4.79. The largest absolute Gasteiger partial charge is 0.384 e. The van der Waals surface area contributed by atoms with Gasteiger partial charge >= 0.3 is 6.03 Å². The van der Waals surface area contributed by atoms with Gasteiger partial charge in [-0.15, -0.1) is 4.98 Å². The van der Waals surface area contributed by atoms with Crippen LogP contribution >= 0.6 is 0 Å². The Hall–Kier alpha value is -4.10. The van der Waals surface area contributed by atoms with Crippen molar-refractivity contribution in [3.63, 3.8) is 0 Å². The molecule has 5 heterocycles. The molecule has 0 saturated carbocycles. The lowest BCUT2D eigenvalue weighted by Gasteiger charge is -2.43. The summed E-state index contributed by atoms with van der Waals surface area (Å²) in [6.45, 7) is 9.95. The van der Waals surface area contributed by atoms with Crippen LogP contribution in [0.2, 0.25) is 0 Å². The number of hydrogen-bond acceptors (Lipinski definition) is 6. The lowest BCUT2D eigenvalue weighted by Crippen LogP contribution is -2.55. The minimum atomic E-state index is -1.04. The Balaban J connectivity index is 1.55. The Bertz CT molecular complexity index is 1340. The molecule has 178 valence electrons. The molecule has 10 heteroatoms. The number of carbonyl (C=O) groups excluding carboxylic acids is 2. The molecule has 3 aromatic heterocycles. The van der Waals surface area contributed by atoms with Gasteiger partial charge in [-0.3, -0.25) is 14.7 Å². The standard InChI is InChI=1S/C25H25N7O3/c1-15(33)24(34)31-10-8-18(9-11-31)32-23-17(14-30(3)25(32)35)13-27-20-6-5-19(29-22(20)23)16-4-7-21(26-2)28-12-16/h4-7,12-13,15,18,33H,8-11,14H2,1,3H3/t15-/m1/s1. The number of likely N-dealkylation sites (tertiary alicyclic amines) is 1. The van der Waals surface area contributed by atoms with Gasteiger partial charge in [0.2, 0.25) is 0 Å². The van der Waals surface area contributed by atoms with E-state index in [-0.39, 0.29) is 18.0 Å². The number of aliphatic hydroxyl groups is 1. The number of aromatic nitrogens is 3. The summed E-state index contributed by atoms with van der Waals surface area (Å²) in [5.41, 5.74) is 4.44. The zero-order valence-electron chi connectivity index (χ0n) is 19.5. The quantitative estimate of drug-likeness (QED) is 0.589. The maximum absolute atomic E-state index is 13.4. The van der Waals surface area contributed by atoms with Crippen LogP contribution in [0.15, 0.2) is 36.7 Å². The molecule has 1 saturated heterocycles. The second-order valence-corrected chi connectivity index (χ2v) is 8.95. The van der Waals surface area contributed by atoms with Crippen LogP contribution in [-0.2, 0) is 11.3 Å². The van der Waals surface area contributed by atoms with E-state index in [2.05, 4.69) is 14.8 Å². The van der Waals surface area contributed by atoms with E-state index in [1.165, 1.54) is 6.92 Å². The van der Waals surface area contributed by atoms with Gasteiger partial charge in [-0.1, -0.05) is 12.6 Å². The smallest absolute Gasteiger partial charge is 0.324 e. The lowest BCUT2D eigenvalue weighted by molar-refractivity contribution is -0.140. The lowest BCUT2D eigenvalue weighted by atomic mass is 9.99. The molecule has 0 aliphatic carbocycles. The molecule has 1 atom stereocenters. The number of urea groups is 1. The van der Waals surface area contributed by atoms with Crippen LogP contribution in [0.5, 0.6) is 0 Å². The van der Waals surface area contributed by atoms with Gasteiger partial charge < -0.3 is 19.8 Å². The van der Waals surface area contributed by atoms with Crippen molar-refractivity contribution in [2.24, 2.45) is 0 Å². The molecule has 0 radical (unpaired) electrons. The molecule has 3 amide bonds. The van der Waals surface area contributed by atoms with Crippen molar-refractivity contribution in [1.29, 1.82) is 0 Å². The second-order valence-electron chi connectivity index (χ2n) is 8.95. The summed E-state index contributed by atoms with van der Waals surface area (Å²) < 4.78 is 0. The third-order valence-corrected chi connectivity index (χ3v) is 6.60. The zero-order valence-corrected chi connectivity index (χ0v) is 19.5. The van der Waals surface area contributed by atoms with Gasteiger partial charge in [0.15, 0.2) is 0 Å². The highest BCUT2D eigenvalue weighted by Gasteiger charge is 2.38. The van der Waals surface area contributed by atoms with E-state index in [1.54, 1.807) is 35.3 Å².